The molecule has 4 aliphatic heterocycles. The number of anilines is 2. The number of alkyl halides is 1. The van der Waals surface area contributed by atoms with Crippen molar-refractivity contribution in [3.63, 3.8) is 0 Å². The zero-order chi connectivity index (χ0) is 29.9. The van der Waals surface area contributed by atoms with Crippen molar-refractivity contribution in [3.8, 4) is 11.8 Å². The van der Waals surface area contributed by atoms with Crippen LogP contribution in [0.4, 0.5) is 20.3 Å². The molecule has 0 radical (unpaired) electrons. The first-order chi connectivity index (χ1) is 20.8. The van der Waals surface area contributed by atoms with E-state index in [0.717, 1.165) is 25.8 Å². The highest BCUT2D eigenvalue weighted by atomic mass is 19.1. The molecule has 0 bridgehead atoms. The van der Waals surface area contributed by atoms with Crippen LogP contribution in [0.25, 0.3) is 10.8 Å². The van der Waals surface area contributed by atoms with Crippen LogP contribution < -0.4 is 14.5 Å². The number of hydrogen-bond donors (Lipinski definition) is 2. The summed E-state index contributed by atoms with van der Waals surface area (Å²) in [4.78, 5) is 29.4. The van der Waals surface area contributed by atoms with Crippen LogP contribution >= 0.6 is 0 Å². The molecule has 3 atom stereocenters. The molecule has 2 N–H and O–H groups in total. The fourth-order valence-corrected chi connectivity index (χ4v) is 7.62. The van der Waals surface area contributed by atoms with Crippen LogP contribution in [0.3, 0.4) is 0 Å². The summed E-state index contributed by atoms with van der Waals surface area (Å²) >= 11 is 0. The maximum Gasteiger partial charge on any atom is 0.318 e. The zero-order valence-electron chi connectivity index (χ0n) is 24.4. The first-order valence-electron chi connectivity index (χ1n) is 15.4. The Labute approximate surface area is 249 Å². The van der Waals surface area contributed by atoms with Gasteiger partial charge in [0.25, 0.3) is 5.91 Å². The molecule has 0 spiro atoms. The molecule has 2 aromatic carbocycles. The molecule has 43 heavy (non-hydrogen) atoms. The molecular weight excluding hydrogens is 556 g/mol. The molecule has 0 saturated carbocycles. The van der Waals surface area contributed by atoms with Crippen molar-refractivity contribution in [1.29, 1.82) is 0 Å². The SMILES string of the molecule is CCc1c(F)ccc2cc(O)cc(N3Cc4nc(OC[C@@]56CCCN5CC(F)C6)nc(N5CCC[C@@H](O)CC5)c4C3=O)c12. The van der Waals surface area contributed by atoms with E-state index in [4.69, 9.17) is 14.7 Å². The van der Waals surface area contributed by atoms with Crippen molar-refractivity contribution in [2.75, 3.05) is 42.6 Å². The molecule has 4 aliphatic rings. The predicted octanol–water partition coefficient (Wildman–Crippen LogP) is 4.50. The Morgan fingerprint density at radius 3 is 2.84 bits per heavy atom. The van der Waals surface area contributed by atoms with Gasteiger partial charge < -0.3 is 24.7 Å². The summed E-state index contributed by atoms with van der Waals surface area (Å²) in [5, 5.41) is 22.1. The summed E-state index contributed by atoms with van der Waals surface area (Å²) in [7, 11) is 0. The van der Waals surface area contributed by atoms with Crippen molar-refractivity contribution < 1.29 is 28.5 Å². The van der Waals surface area contributed by atoms with Crippen molar-refractivity contribution >= 4 is 28.2 Å². The third-order valence-electron chi connectivity index (χ3n) is 9.72. The number of aromatic hydroxyl groups is 1. The maximum atomic E-state index is 14.9. The summed E-state index contributed by atoms with van der Waals surface area (Å²) in [5.41, 5.74) is 1.33. The largest absolute Gasteiger partial charge is 0.508 e. The average Bonchev–Trinajstić information content (AvgIpc) is 3.56. The fourth-order valence-electron chi connectivity index (χ4n) is 7.62. The highest BCUT2D eigenvalue weighted by molar-refractivity contribution is 6.16. The number of halogens is 2. The number of aromatic nitrogens is 2. The molecule has 5 heterocycles. The monoisotopic (exact) mass is 593 g/mol. The summed E-state index contributed by atoms with van der Waals surface area (Å²) in [5.74, 6) is -0.285. The topological polar surface area (TPSA) is 102 Å². The number of amides is 1. The predicted molar refractivity (Wildman–Crippen MR) is 158 cm³/mol. The van der Waals surface area contributed by atoms with Gasteiger partial charge in [0.15, 0.2) is 0 Å². The zero-order valence-corrected chi connectivity index (χ0v) is 24.4. The van der Waals surface area contributed by atoms with Gasteiger partial charge in [0, 0.05) is 37.5 Å². The van der Waals surface area contributed by atoms with Crippen LogP contribution in [0.1, 0.15) is 67.1 Å². The van der Waals surface area contributed by atoms with Crippen LogP contribution in [0.15, 0.2) is 24.3 Å². The number of carbonyl (C=O) groups is 1. The number of hydrogen-bond acceptors (Lipinski definition) is 8. The second-order valence-electron chi connectivity index (χ2n) is 12.4. The standard InChI is InChI=1S/C32H37F2N5O4/c1-2-23-24(34)7-6-19-13-22(41)14-26(27(19)23)39-17-25-28(30(39)42)29(37-10-3-5-21(40)8-12-37)36-31(35-25)43-18-32-9-4-11-38(32)16-20(33)15-32/h6-7,13-14,20-21,40-41H,2-5,8-12,15-18H2,1H3/t20?,21-,32+/m1/s1. The summed E-state index contributed by atoms with van der Waals surface area (Å²) < 4.78 is 35.6. The van der Waals surface area contributed by atoms with Crippen molar-refractivity contribution in [2.45, 2.75) is 76.2 Å². The van der Waals surface area contributed by atoms with Gasteiger partial charge in [0.2, 0.25) is 0 Å². The van der Waals surface area contributed by atoms with E-state index in [0.29, 0.717) is 84.4 Å². The van der Waals surface area contributed by atoms with E-state index in [1.807, 2.05) is 11.8 Å². The average molecular weight is 594 g/mol. The van der Waals surface area contributed by atoms with E-state index < -0.39 is 12.3 Å². The van der Waals surface area contributed by atoms with Gasteiger partial charge in [-0.2, -0.15) is 9.97 Å². The van der Waals surface area contributed by atoms with Crippen LogP contribution in [-0.4, -0.2) is 81.6 Å². The molecule has 11 heteroatoms. The third kappa shape index (κ3) is 4.86. The Bertz CT molecular complexity index is 1590. The Morgan fingerprint density at radius 2 is 2.00 bits per heavy atom. The first kappa shape index (κ1) is 28.2. The lowest BCUT2D eigenvalue weighted by atomic mass is 9.95. The van der Waals surface area contributed by atoms with Crippen LogP contribution in [0, 0.1) is 5.82 Å². The lowest BCUT2D eigenvalue weighted by Gasteiger charge is -2.31. The Morgan fingerprint density at radius 1 is 1.14 bits per heavy atom. The number of nitrogens with zero attached hydrogens (tertiary/aromatic N) is 5. The maximum absolute atomic E-state index is 14.9. The summed E-state index contributed by atoms with van der Waals surface area (Å²) in [6.07, 6.45) is 3.30. The normalized spacial score (nSPS) is 25.8. The molecule has 3 fully saturated rings. The van der Waals surface area contributed by atoms with Crippen LogP contribution in [0.5, 0.6) is 11.8 Å². The second-order valence-corrected chi connectivity index (χ2v) is 12.4. The summed E-state index contributed by atoms with van der Waals surface area (Å²) in [6, 6.07) is 6.20. The fraction of sp³-hybridized carbons (Fsp3) is 0.531. The number of carbonyl (C=O) groups excluding carboxylic acids is 1. The lowest BCUT2D eigenvalue weighted by molar-refractivity contribution is 0.0996. The quantitative estimate of drug-likeness (QED) is 0.431. The van der Waals surface area contributed by atoms with Gasteiger partial charge in [0.1, 0.15) is 35.7 Å². The smallest absolute Gasteiger partial charge is 0.318 e. The van der Waals surface area contributed by atoms with E-state index >= 15 is 0 Å². The molecule has 1 amide bonds. The molecule has 228 valence electrons. The van der Waals surface area contributed by atoms with Crippen molar-refractivity contribution in [1.82, 2.24) is 14.9 Å². The number of ether oxygens (including phenoxy) is 1. The number of benzene rings is 2. The number of aliphatic hydroxyl groups excluding tert-OH is 1. The van der Waals surface area contributed by atoms with Gasteiger partial charge in [0.05, 0.1) is 29.6 Å². The number of rotatable bonds is 6. The molecule has 1 unspecified atom stereocenters. The molecule has 1 aromatic heterocycles. The van der Waals surface area contributed by atoms with Crippen molar-refractivity contribution in [3.05, 3.63) is 46.9 Å². The number of aliphatic hydroxyl groups is 1. The first-order valence-corrected chi connectivity index (χ1v) is 15.4. The van der Waals surface area contributed by atoms with Gasteiger partial charge in [-0.25, -0.2) is 8.78 Å². The molecule has 3 saturated heterocycles. The number of aryl methyl sites for hydroxylation is 1. The van der Waals surface area contributed by atoms with E-state index in [2.05, 4.69) is 4.90 Å². The van der Waals surface area contributed by atoms with Gasteiger partial charge in [-0.05, 0) is 68.2 Å². The number of phenolic OH excluding ortho intramolecular Hbond substituents is 1. The third-order valence-corrected chi connectivity index (χ3v) is 9.72. The Balaban J connectivity index is 1.29. The van der Waals surface area contributed by atoms with Crippen LogP contribution in [-0.2, 0) is 13.0 Å². The van der Waals surface area contributed by atoms with E-state index in [-0.39, 0.29) is 42.2 Å². The van der Waals surface area contributed by atoms with Gasteiger partial charge in [-0.15, -0.1) is 0 Å². The van der Waals surface area contributed by atoms with E-state index in [1.54, 1.807) is 12.1 Å². The molecule has 0 aliphatic carbocycles. The van der Waals surface area contributed by atoms with Gasteiger partial charge in [-0.3, -0.25) is 9.69 Å². The Kier molecular flexibility index (Phi) is 7.12. The van der Waals surface area contributed by atoms with Crippen molar-refractivity contribution in [2.24, 2.45) is 0 Å². The van der Waals surface area contributed by atoms with E-state index in [9.17, 15) is 23.8 Å². The number of fused-ring (bicyclic) bond motifs is 3. The minimum atomic E-state index is -0.884. The molecule has 3 aromatic rings. The van der Waals surface area contributed by atoms with E-state index in [1.165, 1.54) is 17.0 Å². The minimum Gasteiger partial charge on any atom is -0.508 e. The van der Waals surface area contributed by atoms with Crippen LogP contribution in [0.2, 0.25) is 0 Å². The highest BCUT2D eigenvalue weighted by Crippen LogP contribution is 2.43. The molecular formula is C32H37F2N5O4. The number of phenols is 1. The Hall–Kier alpha value is -3.57. The molecule has 7 rings (SSSR count). The highest BCUT2D eigenvalue weighted by Gasteiger charge is 2.49. The molecule has 9 nitrogen and oxygen atoms in total. The van der Waals surface area contributed by atoms with Gasteiger partial charge >= 0.3 is 6.01 Å². The van der Waals surface area contributed by atoms with Gasteiger partial charge in [-0.1, -0.05) is 13.0 Å². The minimum absolute atomic E-state index is 0.0279. The summed E-state index contributed by atoms with van der Waals surface area (Å²) in [6.45, 7) is 4.59. The lowest BCUT2D eigenvalue weighted by Crippen LogP contribution is -2.43. The second kappa shape index (κ2) is 10.9.